The van der Waals surface area contributed by atoms with Gasteiger partial charge in [0.05, 0.1) is 6.61 Å². The molecule has 2 heteroatoms. The van der Waals surface area contributed by atoms with Crippen LogP contribution in [0.3, 0.4) is 0 Å². The van der Waals surface area contributed by atoms with E-state index in [9.17, 15) is 0 Å². The number of fused-ring (bicyclic) bond motifs is 1. The summed E-state index contributed by atoms with van der Waals surface area (Å²) in [5.41, 5.74) is 8.62. The molecule has 1 aliphatic carbocycles. The average molecular weight is 191 g/mol. The van der Waals surface area contributed by atoms with Crippen LogP contribution in [0, 0.1) is 0 Å². The summed E-state index contributed by atoms with van der Waals surface area (Å²) >= 11 is 0. The van der Waals surface area contributed by atoms with Crippen LogP contribution >= 0.6 is 0 Å². The highest BCUT2D eigenvalue weighted by atomic mass is 16.5. The molecule has 0 amide bonds. The molecule has 0 aromatic heterocycles. The lowest BCUT2D eigenvalue weighted by atomic mass is 10.1. The maximum absolute atomic E-state index is 5.96. The minimum atomic E-state index is 0.241. The Labute approximate surface area is 85.1 Å². The van der Waals surface area contributed by atoms with E-state index in [2.05, 4.69) is 19.1 Å². The molecular weight excluding hydrogens is 174 g/mol. The first-order valence-corrected chi connectivity index (χ1v) is 5.32. The lowest BCUT2D eigenvalue weighted by Crippen LogP contribution is -2.05. The Morgan fingerprint density at radius 2 is 2.36 bits per heavy atom. The van der Waals surface area contributed by atoms with Crippen LogP contribution in [0.1, 0.15) is 36.9 Å². The van der Waals surface area contributed by atoms with Crippen LogP contribution in [0.15, 0.2) is 18.2 Å². The van der Waals surface area contributed by atoms with Crippen molar-refractivity contribution >= 4 is 0 Å². The van der Waals surface area contributed by atoms with Crippen LogP contribution in [-0.2, 0) is 6.42 Å². The van der Waals surface area contributed by atoms with Crippen LogP contribution in [-0.4, -0.2) is 6.61 Å². The predicted molar refractivity (Wildman–Crippen MR) is 57.5 cm³/mol. The van der Waals surface area contributed by atoms with Crippen LogP contribution in [0.5, 0.6) is 5.75 Å². The SMILES string of the molecule is CCCOc1ccc2c(c1)CCC2N. The second-order valence-corrected chi connectivity index (χ2v) is 3.85. The fraction of sp³-hybridized carbons (Fsp3) is 0.500. The molecule has 2 nitrogen and oxygen atoms in total. The van der Waals surface area contributed by atoms with E-state index < -0.39 is 0 Å². The molecule has 2 rings (SSSR count). The summed E-state index contributed by atoms with van der Waals surface area (Å²) in [5.74, 6) is 0.986. The van der Waals surface area contributed by atoms with Gasteiger partial charge in [0.15, 0.2) is 0 Å². The van der Waals surface area contributed by atoms with Crippen molar-refractivity contribution in [2.75, 3.05) is 6.61 Å². The van der Waals surface area contributed by atoms with Crippen molar-refractivity contribution in [3.05, 3.63) is 29.3 Å². The Balaban J connectivity index is 2.15. The van der Waals surface area contributed by atoms with Gasteiger partial charge in [-0.2, -0.15) is 0 Å². The number of hydrogen-bond acceptors (Lipinski definition) is 2. The van der Waals surface area contributed by atoms with Gasteiger partial charge in [0.25, 0.3) is 0 Å². The van der Waals surface area contributed by atoms with Gasteiger partial charge in [-0.25, -0.2) is 0 Å². The van der Waals surface area contributed by atoms with Crippen molar-refractivity contribution in [2.24, 2.45) is 5.73 Å². The largest absolute Gasteiger partial charge is 0.494 e. The summed E-state index contributed by atoms with van der Waals surface area (Å²) < 4.78 is 5.57. The zero-order chi connectivity index (χ0) is 9.97. The fourth-order valence-corrected chi connectivity index (χ4v) is 1.94. The highest BCUT2D eigenvalue weighted by molar-refractivity contribution is 5.40. The zero-order valence-electron chi connectivity index (χ0n) is 8.62. The third kappa shape index (κ3) is 1.75. The van der Waals surface area contributed by atoms with E-state index in [0.717, 1.165) is 31.6 Å². The number of hydrogen-bond donors (Lipinski definition) is 1. The lowest BCUT2D eigenvalue weighted by Gasteiger charge is -2.08. The summed E-state index contributed by atoms with van der Waals surface area (Å²) in [4.78, 5) is 0. The summed E-state index contributed by atoms with van der Waals surface area (Å²) in [7, 11) is 0. The number of benzene rings is 1. The van der Waals surface area contributed by atoms with Gasteiger partial charge in [-0.15, -0.1) is 0 Å². The standard InChI is InChI=1S/C12H17NO/c1-2-7-14-10-4-5-11-9(8-10)3-6-12(11)13/h4-5,8,12H,2-3,6-7,13H2,1H3. The van der Waals surface area contributed by atoms with Crippen molar-refractivity contribution in [3.63, 3.8) is 0 Å². The maximum atomic E-state index is 5.96. The van der Waals surface area contributed by atoms with Crippen molar-refractivity contribution in [1.29, 1.82) is 0 Å². The monoisotopic (exact) mass is 191 g/mol. The number of nitrogens with two attached hydrogens (primary N) is 1. The molecule has 1 atom stereocenters. The van der Waals surface area contributed by atoms with Gasteiger partial charge in [-0.1, -0.05) is 13.0 Å². The summed E-state index contributed by atoms with van der Waals surface area (Å²) in [6.45, 7) is 2.91. The average Bonchev–Trinajstić information content (AvgIpc) is 2.57. The summed E-state index contributed by atoms with van der Waals surface area (Å²) in [6.07, 6.45) is 3.23. The van der Waals surface area contributed by atoms with Gasteiger partial charge in [0.2, 0.25) is 0 Å². The fourth-order valence-electron chi connectivity index (χ4n) is 1.94. The second kappa shape index (κ2) is 4.01. The normalized spacial score (nSPS) is 19.4. The van der Waals surface area contributed by atoms with Gasteiger partial charge in [0.1, 0.15) is 5.75 Å². The Bertz CT molecular complexity index is 322. The molecular formula is C12H17NO. The molecule has 0 saturated heterocycles. The molecule has 14 heavy (non-hydrogen) atoms. The van der Waals surface area contributed by atoms with Crippen molar-refractivity contribution in [1.82, 2.24) is 0 Å². The van der Waals surface area contributed by atoms with Gasteiger partial charge in [0, 0.05) is 6.04 Å². The molecule has 0 saturated carbocycles. The molecule has 1 aromatic rings. The van der Waals surface area contributed by atoms with E-state index in [-0.39, 0.29) is 6.04 Å². The van der Waals surface area contributed by atoms with Crippen LogP contribution in [0.25, 0.3) is 0 Å². The minimum absolute atomic E-state index is 0.241. The lowest BCUT2D eigenvalue weighted by molar-refractivity contribution is 0.317. The maximum Gasteiger partial charge on any atom is 0.119 e. The zero-order valence-corrected chi connectivity index (χ0v) is 8.62. The van der Waals surface area contributed by atoms with Crippen molar-refractivity contribution in [3.8, 4) is 5.75 Å². The van der Waals surface area contributed by atoms with Gasteiger partial charge in [-0.3, -0.25) is 0 Å². The van der Waals surface area contributed by atoms with Crippen LogP contribution in [0.2, 0.25) is 0 Å². The molecule has 1 aliphatic rings. The topological polar surface area (TPSA) is 35.2 Å². The number of aryl methyl sites for hydroxylation is 1. The first kappa shape index (κ1) is 9.53. The predicted octanol–water partition coefficient (Wildman–Crippen LogP) is 2.42. The Morgan fingerprint density at radius 3 is 3.14 bits per heavy atom. The first-order valence-electron chi connectivity index (χ1n) is 5.32. The molecule has 0 heterocycles. The second-order valence-electron chi connectivity index (χ2n) is 3.85. The highest BCUT2D eigenvalue weighted by Crippen LogP contribution is 2.31. The third-order valence-corrected chi connectivity index (χ3v) is 2.71. The van der Waals surface area contributed by atoms with Gasteiger partial charge >= 0.3 is 0 Å². The van der Waals surface area contributed by atoms with E-state index in [1.54, 1.807) is 0 Å². The Morgan fingerprint density at radius 1 is 1.50 bits per heavy atom. The van der Waals surface area contributed by atoms with E-state index in [0.29, 0.717) is 0 Å². The smallest absolute Gasteiger partial charge is 0.119 e. The van der Waals surface area contributed by atoms with Gasteiger partial charge in [-0.05, 0) is 42.5 Å². The molecule has 0 aliphatic heterocycles. The number of ether oxygens (including phenoxy) is 1. The third-order valence-electron chi connectivity index (χ3n) is 2.71. The van der Waals surface area contributed by atoms with Crippen molar-refractivity contribution in [2.45, 2.75) is 32.2 Å². The molecule has 0 bridgehead atoms. The summed E-state index contributed by atoms with van der Waals surface area (Å²) in [5, 5.41) is 0. The molecule has 0 radical (unpaired) electrons. The quantitative estimate of drug-likeness (QED) is 0.796. The van der Waals surface area contributed by atoms with Gasteiger partial charge < -0.3 is 10.5 Å². The first-order chi connectivity index (χ1) is 6.81. The Kier molecular flexibility index (Phi) is 2.73. The summed E-state index contributed by atoms with van der Waals surface area (Å²) in [6, 6.07) is 6.51. The van der Waals surface area contributed by atoms with E-state index in [1.807, 2.05) is 6.07 Å². The highest BCUT2D eigenvalue weighted by Gasteiger charge is 2.18. The van der Waals surface area contributed by atoms with E-state index >= 15 is 0 Å². The van der Waals surface area contributed by atoms with E-state index in [1.165, 1.54) is 11.1 Å². The molecule has 1 aromatic carbocycles. The molecule has 76 valence electrons. The number of rotatable bonds is 3. The molecule has 0 fully saturated rings. The molecule has 2 N–H and O–H groups in total. The van der Waals surface area contributed by atoms with Crippen LogP contribution < -0.4 is 10.5 Å². The van der Waals surface area contributed by atoms with Crippen LogP contribution in [0.4, 0.5) is 0 Å². The van der Waals surface area contributed by atoms with E-state index in [4.69, 9.17) is 10.5 Å². The molecule has 1 unspecified atom stereocenters. The van der Waals surface area contributed by atoms with Crippen molar-refractivity contribution < 1.29 is 4.74 Å². The molecule has 0 spiro atoms. The minimum Gasteiger partial charge on any atom is -0.494 e. The Hall–Kier alpha value is -1.02.